The highest BCUT2D eigenvalue weighted by molar-refractivity contribution is 7.85. The molecule has 16 heavy (non-hydrogen) atoms. The van der Waals surface area contributed by atoms with E-state index in [0.29, 0.717) is 5.02 Å². The van der Waals surface area contributed by atoms with Crippen molar-refractivity contribution in [3.8, 4) is 0 Å². The van der Waals surface area contributed by atoms with Crippen molar-refractivity contribution >= 4 is 28.1 Å². The van der Waals surface area contributed by atoms with E-state index in [1.54, 1.807) is 0 Å². The van der Waals surface area contributed by atoms with Crippen molar-refractivity contribution in [3.63, 3.8) is 0 Å². The first kappa shape index (κ1) is 13.3. The molecule has 0 radical (unpaired) electrons. The summed E-state index contributed by atoms with van der Waals surface area (Å²) in [5, 5.41) is 0.356. The van der Waals surface area contributed by atoms with Gasteiger partial charge in [-0.3, -0.25) is 4.21 Å². The molecular weight excluding hydrogens is 263 g/mol. The van der Waals surface area contributed by atoms with Gasteiger partial charge in [0.15, 0.2) is 0 Å². The van der Waals surface area contributed by atoms with Crippen molar-refractivity contribution in [1.29, 1.82) is 0 Å². The minimum atomic E-state index is -4.31. The van der Waals surface area contributed by atoms with Crippen molar-refractivity contribution in [2.24, 2.45) is 0 Å². The van der Waals surface area contributed by atoms with E-state index in [4.69, 9.17) is 17.3 Å². The molecule has 7 heteroatoms. The number of nitrogens with two attached hydrogens (primary N) is 1. The van der Waals surface area contributed by atoms with E-state index in [9.17, 15) is 17.4 Å². The number of nitrogen functional groups attached to an aromatic ring is 1. The maximum atomic E-state index is 11.9. The lowest BCUT2D eigenvalue weighted by molar-refractivity contribution is -0.129. The van der Waals surface area contributed by atoms with Gasteiger partial charge in [-0.15, -0.1) is 0 Å². The van der Waals surface area contributed by atoms with E-state index in [-0.39, 0.29) is 10.6 Å². The van der Waals surface area contributed by atoms with E-state index in [1.165, 1.54) is 18.2 Å². The number of anilines is 1. The van der Waals surface area contributed by atoms with E-state index in [0.717, 1.165) is 0 Å². The van der Waals surface area contributed by atoms with Crippen LogP contribution in [0.15, 0.2) is 23.1 Å². The Balaban J connectivity index is 2.74. The first-order valence-corrected chi connectivity index (χ1v) is 5.99. The van der Waals surface area contributed by atoms with Crippen LogP contribution in [0.2, 0.25) is 5.02 Å². The minimum Gasteiger partial charge on any atom is -0.398 e. The minimum absolute atomic E-state index is 0.146. The van der Waals surface area contributed by atoms with Crippen molar-refractivity contribution < 1.29 is 17.4 Å². The van der Waals surface area contributed by atoms with Gasteiger partial charge in [-0.1, -0.05) is 11.6 Å². The summed E-state index contributed by atoms with van der Waals surface area (Å²) in [4.78, 5) is 0.189. The van der Waals surface area contributed by atoms with Gasteiger partial charge < -0.3 is 5.73 Å². The third-order valence-electron chi connectivity index (χ3n) is 1.79. The van der Waals surface area contributed by atoms with Gasteiger partial charge in [-0.25, -0.2) is 0 Å². The Labute approximate surface area is 98.0 Å². The molecule has 0 spiro atoms. The maximum absolute atomic E-state index is 11.9. The van der Waals surface area contributed by atoms with Gasteiger partial charge in [0.05, 0.1) is 22.1 Å². The fourth-order valence-electron chi connectivity index (χ4n) is 1.05. The van der Waals surface area contributed by atoms with Crippen LogP contribution < -0.4 is 5.73 Å². The molecule has 1 rings (SSSR count). The molecular formula is C9H9ClF3NOS. The summed E-state index contributed by atoms with van der Waals surface area (Å²) in [7, 11) is -1.75. The lowest BCUT2D eigenvalue weighted by Gasteiger charge is -2.08. The van der Waals surface area contributed by atoms with Crippen LogP contribution in [0.5, 0.6) is 0 Å². The van der Waals surface area contributed by atoms with Crippen LogP contribution in [-0.4, -0.2) is 16.1 Å². The van der Waals surface area contributed by atoms with Gasteiger partial charge in [0.1, 0.15) is 0 Å². The lowest BCUT2D eigenvalue weighted by atomic mass is 10.3. The predicted molar refractivity (Wildman–Crippen MR) is 57.8 cm³/mol. The predicted octanol–water partition coefficient (Wildman–Crippen LogP) is 2.98. The van der Waals surface area contributed by atoms with Crippen LogP contribution in [0.1, 0.15) is 6.42 Å². The second kappa shape index (κ2) is 5.05. The van der Waals surface area contributed by atoms with E-state index in [2.05, 4.69) is 0 Å². The van der Waals surface area contributed by atoms with Crippen LogP contribution in [0.25, 0.3) is 0 Å². The van der Waals surface area contributed by atoms with Gasteiger partial charge in [0, 0.05) is 16.5 Å². The average molecular weight is 272 g/mol. The zero-order valence-electron chi connectivity index (χ0n) is 8.05. The summed E-state index contributed by atoms with van der Waals surface area (Å²) in [6, 6.07) is 4.19. The number of hydrogen-bond acceptors (Lipinski definition) is 2. The molecule has 0 heterocycles. The summed E-state index contributed by atoms with van der Waals surface area (Å²) in [5.41, 5.74) is 5.65. The molecule has 1 unspecified atom stereocenters. The van der Waals surface area contributed by atoms with Crippen LogP contribution in [0.4, 0.5) is 18.9 Å². The smallest absolute Gasteiger partial charge is 0.390 e. The van der Waals surface area contributed by atoms with Gasteiger partial charge >= 0.3 is 6.18 Å². The SMILES string of the molecule is Nc1cc(Cl)ccc1S(=O)CCC(F)(F)F. The standard InChI is InChI=1S/C9H9ClF3NOS/c10-6-1-2-8(7(14)5-6)16(15)4-3-9(11,12)13/h1-2,5H,3-4,14H2. The maximum Gasteiger partial charge on any atom is 0.390 e. The van der Waals surface area contributed by atoms with Gasteiger partial charge in [-0.2, -0.15) is 13.2 Å². The third kappa shape index (κ3) is 4.02. The van der Waals surface area contributed by atoms with E-state index < -0.39 is 29.1 Å². The molecule has 0 aliphatic carbocycles. The van der Waals surface area contributed by atoms with E-state index >= 15 is 0 Å². The third-order valence-corrected chi connectivity index (χ3v) is 3.46. The second-order valence-electron chi connectivity index (χ2n) is 3.10. The van der Waals surface area contributed by atoms with Gasteiger partial charge in [0.2, 0.25) is 0 Å². The molecule has 90 valence electrons. The Bertz CT molecular complexity index is 408. The topological polar surface area (TPSA) is 43.1 Å². The molecule has 0 saturated carbocycles. The lowest BCUT2D eigenvalue weighted by Crippen LogP contribution is -2.13. The number of benzene rings is 1. The fourth-order valence-corrected chi connectivity index (χ4v) is 2.40. The Morgan fingerprint density at radius 3 is 2.50 bits per heavy atom. The molecule has 0 aliphatic rings. The average Bonchev–Trinajstić information content (AvgIpc) is 2.13. The molecule has 1 atom stereocenters. The molecule has 0 aliphatic heterocycles. The highest BCUT2D eigenvalue weighted by Crippen LogP contribution is 2.25. The summed E-state index contributed by atoms with van der Waals surface area (Å²) in [5.74, 6) is -0.491. The molecule has 1 aromatic carbocycles. The fraction of sp³-hybridized carbons (Fsp3) is 0.333. The molecule has 0 saturated heterocycles. The molecule has 0 fully saturated rings. The number of halogens is 4. The first-order valence-electron chi connectivity index (χ1n) is 4.30. The molecule has 0 bridgehead atoms. The van der Waals surface area contributed by atoms with E-state index in [1.807, 2.05) is 0 Å². The molecule has 0 amide bonds. The Morgan fingerprint density at radius 2 is 2.00 bits per heavy atom. The Morgan fingerprint density at radius 1 is 1.38 bits per heavy atom. The number of alkyl halides is 3. The van der Waals surface area contributed by atoms with Crippen molar-refractivity contribution in [1.82, 2.24) is 0 Å². The molecule has 1 aromatic rings. The normalized spacial score (nSPS) is 13.8. The number of rotatable bonds is 3. The second-order valence-corrected chi connectivity index (χ2v) is 5.07. The van der Waals surface area contributed by atoms with Crippen molar-refractivity contribution in [3.05, 3.63) is 23.2 Å². The molecule has 0 aromatic heterocycles. The summed E-state index contributed by atoms with van der Waals surface area (Å²) in [6.07, 6.45) is -5.40. The van der Waals surface area contributed by atoms with Gasteiger partial charge in [-0.05, 0) is 18.2 Å². The Hall–Kier alpha value is -0.750. The van der Waals surface area contributed by atoms with Crippen LogP contribution >= 0.6 is 11.6 Å². The molecule has 2 N–H and O–H groups in total. The highest BCUT2D eigenvalue weighted by atomic mass is 35.5. The Kier molecular flexibility index (Phi) is 4.21. The summed E-state index contributed by atoms with van der Waals surface area (Å²) < 4.78 is 47.2. The zero-order valence-corrected chi connectivity index (χ0v) is 9.62. The summed E-state index contributed by atoms with van der Waals surface area (Å²) in [6.45, 7) is 0. The molecule has 2 nitrogen and oxygen atoms in total. The quantitative estimate of drug-likeness (QED) is 0.859. The number of hydrogen-bond donors (Lipinski definition) is 1. The zero-order chi connectivity index (χ0) is 12.3. The first-order chi connectivity index (χ1) is 7.29. The highest BCUT2D eigenvalue weighted by Gasteiger charge is 2.28. The van der Waals surface area contributed by atoms with Crippen LogP contribution in [0, 0.1) is 0 Å². The van der Waals surface area contributed by atoms with Gasteiger partial charge in [0.25, 0.3) is 0 Å². The van der Waals surface area contributed by atoms with Crippen molar-refractivity contribution in [2.45, 2.75) is 17.5 Å². The monoisotopic (exact) mass is 271 g/mol. The summed E-state index contributed by atoms with van der Waals surface area (Å²) >= 11 is 5.61. The largest absolute Gasteiger partial charge is 0.398 e. The van der Waals surface area contributed by atoms with Crippen LogP contribution in [0.3, 0.4) is 0 Å². The van der Waals surface area contributed by atoms with Crippen LogP contribution in [-0.2, 0) is 10.8 Å². The van der Waals surface area contributed by atoms with Crippen molar-refractivity contribution in [2.75, 3.05) is 11.5 Å².